The zero-order valence-corrected chi connectivity index (χ0v) is 24.3. The first-order valence-corrected chi connectivity index (χ1v) is 15.4. The molecule has 0 bridgehead atoms. The van der Waals surface area contributed by atoms with E-state index >= 15 is 0 Å². The molecule has 3 fully saturated rings. The quantitative estimate of drug-likeness (QED) is 0.284. The van der Waals surface area contributed by atoms with Crippen LogP contribution in [0.2, 0.25) is 0 Å². The molecule has 0 spiro atoms. The molecule has 2 N–H and O–H groups in total. The average Bonchev–Trinajstić information content (AvgIpc) is 3.57. The van der Waals surface area contributed by atoms with Crippen molar-refractivity contribution >= 4 is 28.6 Å². The summed E-state index contributed by atoms with van der Waals surface area (Å²) in [6.45, 7) is 5.01. The molecule has 3 aromatic heterocycles. The summed E-state index contributed by atoms with van der Waals surface area (Å²) >= 11 is 0. The number of nitrogens with one attached hydrogen (secondary N) is 1. The predicted octanol–water partition coefficient (Wildman–Crippen LogP) is 4.93. The standard InChI is InChI=1S/C33H37N7O3/c1-2-19-39-31(42)26-21-34-32(37-30(26)40(39)28-7-3-6-27(36-28)33(43)17-5-18-33)35-24-13-9-22(10-14-24)23-11-15-25(16-12-23)38-20-4-8-29(38)41/h2-3,6-7,9-10,13-14,21,23,25,43H,1,4-5,8,11-12,15-20H2,(H,34,35,37). The Labute approximate surface area is 250 Å². The Hall–Kier alpha value is -4.31. The smallest absolute Gasteiger partial charge is 0.278 e. The van der Waals surface area contributed by atoms with Crippen LogP contribution in [0.3, 0.4) is 0 Å². The van der Waals surface area contributed by atoms with Gasteiger partial charge in [-0.2, -0.15) is 4.98 Å². The van der Waals surface area contributed by atoms with E-state index in [1.807, 2.05) is 30.3 Å². The molecule has 2 saturated carbocycles. The van der Waals surface area contributed by atoms with Crippen molar-refractivity contribution in [2.75, 3.05) is 11.9 Å². The molecule has 3 aliphatic rings. The van der Waals surface area contributed by atoms with Gasteiger partial charge in [0.25, 0.3) is 5.56 Å². The monoisotopic (exact) mass is 579 g/mol. The first-order chi connectivity index (χ1) is 20.9. The van der Waals surface area contributed by atoms with Crippen LogP contribution in [0.15, 0.2) is 66.1 Å². The highest BCUT2D eigenvalue weighted by Crippen LogP contribution is 2.40. The Balaban J connectivity index is 1.12. The molecule has 222 valence electrons. The van der Waals surface area contributed by atoms with Gasteiger partial charge in [-0.05, 0) is 87.1 Å². The van der Waals surface area contributed by atoms with E-state index in [0.717, 1.165) is 50.8 Å². The van der Waals surface area contributed by atoms with Gasteiger partial charge in [0.1, 0.15) is 11.0 Å². The highest BCUT2D eigenvalue weighted by Gasteiger charge is 2.38. The fraction of sp³-hybridized carbons (Fsp3) is 0.424. The molecule has 1 saturated heterocycles. The highest BCUT2D eigenvalue weighted by molar-refractivity contribution is 5.78. The number of hydrogen-bond donors (Lipinski definition) is 2. The molecule has 1 aromatic carbocycles. The molecule has 0 unspecified atom stereocenters. The predicted molar refractivity (Wildman–Crippen MR) is 165 cm³/mol. The van der Waals surface area contributed by atoms with Crippen molar-refractivity contribution in [1.82, 2.24) is 29.2 Å². The summed E-state index contributed by atoms with van der Waals surface area (Å²) in [4.78, 5) is 41.6. The van der Waals surface area contributed by atoms with E-state index in [1.165, 1.54) is 10.2 Å². The van der Waals surface area contributed by atoms with Crippen molar-refractivity contribution in [1.29, 1.82) is 0 Å². The lowest BCUT2D eigenvalue weighted by atomic mass is 9.77. The second-order valence-corrected chi connectivity index (χ2v) is 12.1. The number of pyridine rings is 1. The van der Waals surface area contributed by atoms with E-state index in [2.05, 4.69) is 33.9 Å². The molecule has 1 amide bonds. The fourth-order valence-electron chi connectivity index (χ4n) is 6.92. The number of allylic oxidation sites excluding steroid dienone is 1. The molecular weight excluding hydrogens is 542 g/mol. The third-order valence-corrected chi connectivity index (χ3v) is 9.47. The van der Waals surface area contributed by atoms with Gasteiger partial charge in [0.15, 0.2) is 11.5 Å². The van der Waals surface area contributed by atoms with Crippen molar-refractivity contribution in [3.05, 3.63) is 82.9 Å². The minimum atomic E-state index is -0.928. The summed E-state index contributed by atoms with van der Waals surface area (Å²) < 4.78 is 3.23. The first-order valence-electron chi connectivity index (χ1n) is 15.4. The topological polar surface area (TPSA) is 118 Å². The number of fused-ring (bicyclic) bond motifs is 1. The van der Waals surface area contributed by atoms with E-state index in [1.54, 1.807) is 17.0 Å². The van der Waals surface area contributed by atoms with Gasteiger partial charge in [-0.25, -0.2) is 19.3 Å². The van der Waals surface area contributed by atoms with Gasteiger partial charge in [0.05, 0.1) is 12.2 Å². The minimum absolute atomic E-state index is 0.232. The number of rotatable bonds is 8. The van der Waals surface area contributed by atoms with Crippen LogP contribution in [-0.2, 0) is 16.9 Å². The number of anilines is 2. The number of amides is 1. The van der Waals surface area contributed by atoms with E-state index in [4.69, 9.17) is 9.97 Å². The maximum absolute atomic E-state index is 13.3. The second-order valence-electron chi connectivity index (χ2n) is 12.1. The summed E-state index contributed by atoms with van der Waals surface area (Å²) in [6, 6.07) is 14.3. The lowest BCUT2D eigenvalue weighted by Gasteiger charge is -2.36. The Morgan fingerprint density at radius 3 is 2.49 bits per heavy atom. The van der Waals surface area contributed by atoms with Crippen LogP contribution in [-0.4, -0.2) is 52.8 Å². The van der Waals surface area contributed by atoms with Crippen molar-refractivity contribution in [2.24, 2.45) is 0 Å². The summed E-state index contributed by atoms with van der Waals surface area (Å²) in [5, 5.41) is 14.6. The maximum atomic E-state index is 13.3. The Bertz CT molecular complexity index is 1730. The van der Waals surface area contributed by atoms with Crippen LogP contribution in [0.5, 0.6) is 0 Å². The van der Waals surface area contributed by atoms with Crippen molar-refractivity contribution in [3.63, 3.8) is 0 Å². The lowest BCUT2D eigenvalue weighted by Crippen LogP contribution is -2.38. The van der Waals surface area contributed by atoms with Crippen LogP contribution in [0.1, 0.15) is 75.0 Å². The Kier molecular flexibility index (Phi) is 7.09. The lowest BCUT2D eigenvalue weighted by molar-refractivity contribution is -0.130. The molecule has 4 aromatic rings. The molecule has 2 aliphatic carbocycles. The minimum Gasteiger partial charge on any atom is -0.384 e. The molecule has 1 aliphatic heterocycles. The van der Waals surface area contributed by atoms with E-state index < -0.39 is 5.60 Å². The summed E-state index contributed by atoms with van der Waals surface area (Å²) in [5.41, 5.74) is 2.03. The molecular formula is C33H37N7O3. The van der Waals surface area contributed by atoms with Gasteiger partial charge in [0, 0.05) is 30.9 Å². The number of carbonyl (C=O) groups excluding carboxylic acids is 1. The fourth-order valence-corrected chi connectivity index (χ4v) is 6.92. The summed E-state index contributed by atoms with van der Waals surface area (Å²) in [6.07, 6.45) is 11.5. The molecule has 7 rings (SSSR count). The van der Waals surface area contributed by atoms with Crippen LogP contribution < -0.4 is 10.9 Å². The number of likely N-dealkylation sites (tertiary alicyclic amines) is 1. The van der Waals surface area contributed by atoms with E-state index in [0.29, 0.717) is 65.6 Å². The maximum Gasteiger partial charge on any atom is 0.278 e. The van der Waals surface area contributed by atoms with Gasteiger partial charge in [-0.3, -0.25) is 9.59 Å². The largest absolute Gasteiger partial charge is 0.384 e. The molecule has 10 nitrogen and oxygen atoms in total. The van der Waals surface area contributed by atoms with Crippen molar-refractivity contribution in [2.45, 2.75) is 81.9 Å². The highest BCUT2D eigenvalue weighted by atomic mass is 16.3. The molecule has 4 heterocycles. The van der Waals surface area contributed by atoms with Crippen molar-refractivity contribution in [3.8, 4) is 5.82 Å². The van der Waals surface area contributed by atoms with E-state index in [-0.39, 0.29) is 12.1 Å². The number of benzene rings is 1. The number of hydrogen-bond acceptors (Lipinski definition) is 7. The average molecular weight is 580 g/mol. The zero-order chi connectivity index (χ0) is 29.6. The SMILES string of the molecule is C=CCn1c(=O)c2cnc(Nc3ccc(C4CCC(N5CCCC5=O)CC4)cc3)nc2n1-c1cccc(C2(O)CCC2)n1. The van der Waals surface area contributed by atoms with Gasteiger partial charge in [0.2, 0.25) is 11.9 Å². The molecule has 43 heavy (non-hydrogen) atoms. The van der Waals surface area contributed by atoms with Crippen molar-refractivity contribution < 1.29 is 9.90 Å². The Morgan fingerprint density at radius 2 is 1.81 bits per heavy atom. The number of carbonyl (C=O) groups is 1. The molecule has 10 heteroatoms. The number of aliphatic hydroxyl groups is 1. The third-order valence-electron chi connectivity index (χ3n) is 9.47. The summed E-state index contributed by atoms with van der Waals surface area (Å²) in [7, 11) is 0. The van der Waals surface area contributed by atoms with E-state index in [9.17, 15) is 14.7 Å². The van der Waals surface area contributed by atoms with Crippen LogP contribution in [0.25, 0.3) is 16.9 Å². The van der Waals surface area contributed by atoms with Gasteiger partial charge in [-0.1, -0.05) is 24.3 Å². The van der Waals surface area contributed by atoms with Gasteiger partial charge in [-0.15, -0.1) is 6.58 Å². The van der Waals surface area contributed by atoms with Crippen LogP contribution in [0, 0.1) is 0 Å². The molecule has 0 atom stereocenters. The van der Waals surface area contributed by atoms with Crippen LogP contribution >= 0.6 is 0 Å². The summed E-state index contributed by atoms with van der Waals surface area (Å²) in [5.74, 6) is 1.69. The Morgan fingerprint density at radius 1 is 1.02 bits per heavy atom. The zero-order valence-electron chi connectivity index (χ0n) is 24.3. The number of nitrogens with zero attached hydrogens (tertiary/aromatic N) is 6. The van der Waals surface area contributed by atoms with Gasteiger partial charge < -0.3 is 15.3 Å². The third kappa shape index (κ3) is 5.03. The number of aromatic nitrogens is 5. The van der Waals surface area contributed by atoms with Crippen LogP contribution in [0.4, 0.5) is 11.6 Å². The normalized spacial score (nSPS) is 21.6. The second kappa shape index (κ2) is 11.1. The van der Waals surface area contributed by atoms with Gasteiger partial charge >= 0.3 is 0 Å². The molecule has 0 radical (unpaired) electrons. The first kappa shape index (κ1) is 27.5.